The van der Waals surface area contributed by atoms with Crippen LogP contribution in [0.1, 0.15) is 12.8 Å². The first-order valence-corrected chi connectivity index (χ1v) is 5.77. The van der Waals surface area contributed by atoms with Crippen LogP contribution in [0.4, 0.5) is 5.95 Å². The molecule has 2 heterocycles. The van der Waals surface area contributed by atoms with E-state index in [2.05, 4.69) is 15.5 Å². The van der Waals surface area contributed by atoms with E-state index in [0.29, 0.717) is 12.0 Å². The van der Waals surface area contributed by atoms with E-state index in [9.17, 15) is 0 Å². The Morgan fingerprint density at radius 1 is 1.64 bits per heavy atom. The SMILES string of the molecule is Cn1c(N)nnc1SC[C@@H]1CCCN1. The molecule has 6 heteroatoms. The van der Waals surface area contributed by atoms with Crippen LogP contribution in [0, 0.1) is 0 Å². The average molecular weight is 213 g/mol. The summed E-state index contributed by atoms with van der Waals surface area (Å²) in [6.45, 7) is 1.15. The van der Waals surface area contributed by atoms with Gasteiger partial charge in [0.05, 0.1) is 0 Å². The molecule has 0 bridgehead atoms. The summed E-state index contributed by atoms with van der Waals surface area (Å²) in [5.74, 6) is 1.53. The molecule has 5 nitrogen and oxygen atoms in total. The van der Waals surface area contributed by atoms with Crippen LogP contribution in [0.2, 0.25) is 0 Å². The summed E-state index contributed by atoms with van der Waals surface area (Å²) in [5, 5.41) is 12.2. The van der Waals surface area contributed by atoms with Crippen molar-refractivity contribution in [2.75, 3.05) is 18.0 Å². The van der Waals surface area contributed by atoms with Gasteiger partial charge in [0.25, 0.3) is 0 Å². The lowest BCUT2D eigenvalue weighted by Crippen LogP contribution is -2.23. The second-order valence-corrected chi connectivity index (χ2v) is 4.49. The van der Waals surface area contributed by atoms with E-state index in [1.165, 1.54) is 12.8 Å². The van der Waals surface area contributed by atoms with Gasteiger partial charge in [-0.3, -0.25) is 4.57 Å². The van der Waals surface area contributed by atoms with Gasteiger partial charge in [0, 0.05) is 18.8 Å². The van der Waals surface area contributed by atoms with Crippen molar-refractivity contribution >= 4 is 17.7 Å². The highest BCUT2D eigenvalue weighted by molar-refractivity contribution is 7.99. The maximum Gasteiger partial charge on any atom is 0.222 e. The first kappa shape index (κ1) is 9.79. The predicted octanol–water partition coefficient (Wildman–Crippen LogP) is 0.241. The van der Waals surface area contributed by atoms with E-state index in [1.54, 1.807) is 11.8 Å². The molecule has 0 saturated carbocycles. The van der Waals surface area contributed by atoms with Crippen LogP contribution in [0.5, 0.6) is 0 Å². The number of anilines is 1. The number of nitrogens with two attached hydrogens (primary N) is 1. The minimum Gasteiger partial charge on any atom is -0.368 e. The summed E-state index contributed by atoms with van der Waals surface area (Å²) < 4.78 is 1.82. The molecule has 0 aromatic carbocycles. The fourth-order valence-corrected chi connectivity index (χ4v) is 2.55. The Hall–Kier alpha value is -0.750. The van der Waals surface area contributed by atoms with Crippen LogP contribution in [-0.2, 0) is 7.05 Å². The summed E-state index contributed by atoms with van der Waals surface area (Å²) >= 11 is 1.71. The van der Waals surface area contributed by atoms with Gasteiger partial charge in [-0.05, 0) is 19.4 Å². The minimum atomic E-state index is 0.479. The molecule has 1 aliphatic rings. The van der Waals surface area contributed by atoms with Gasteiger partial charge in [0.1, 0.15) is 0 Å². The molecule has 14 heavy (non-hydrogen) atoms. The van der Waals surface area contributed by atoms with Crippen LogP contribution in [0.25, 0.3) is 0 Å². The first-order chi connectivity index (χ1) is 6.77. The fourth-order valence-electron chi connectivity index (χ4n) is 1.53. The van der Waals surface area contributed by atoms with E-state index in [1.807, 2.05) is 11.6 Å². The molecule has 1 atom stereocenters. The minimum absolute atomic E-state index is 0.479. The van der Waals surface area contributed by atoms with Crippen molar-refractivity contribution in [2.24, 2.45) is 7.05 Å². The van der Waals surface area contributed by atoms with Crippen molar-refractivity contribution in [3.8, 4) is 0 Å². The quantitative estimate of drug-likeness (QED) is 0.704. The Balaban J connectivity index is 1.88. The predicted molar refractivity (Wildman–Crippen MR) is 57.2 cm³/mol. The first-order valence-electron chi connectivity index (χ1n) is 4.78. The van der Waals surface area contributed by atoms with Gasteiger partial charge in [0.2, 0.25) is 5.95 Å². The zero-order chi connectivity index (χ0) is 9.97. The molecule has 2 rings (SSSR count). The van der Waals surface area contributed by atoms with Gasteiger partial charge in [-0.15, -0.1) is 10.2 Å². The summed E-state index contributed by atoms with van der Waals surface area (Å²) in [6.07, 6.45) is 2.55. The third-order valence-electron chi connectivity index (χ3n) is 2.44. The molecular formula is C8H15N5S. The molecule has 0 amide bonds. The van der Waals surface area contributed by atoms with Crippen molar-refractivity contribution in [2.45, 2.75) is 24.0 Å². The van der Waals surface area contributed by atoms with Crippen LogP contribution in [-0.4, -0.2) is 33.1 Å². The molecular weight excluding hydrogens is 198 g/mol. The Bertz CT molecular complexity index is 305. The highest BCUT2D eigenvalue weighted by Crippen LogP contribution is 2.19. The van der Waals surface area contributed by atoms with Crippen LogP contribution in [0.15, 0.2) is 5.16 Å². The molecule has 0 spiro atoms. The van der Waals surface area contributed by atoms with Crippen molar-refractivity contribution in [3.63, 3.8) is 0 Å². The maximum absolute atomic E-state index is 5.58. The van der Waals surface area contributed by atoms with Crippen LogP contribution >= 0.6 is 11.8 Å². The zero-order valence-corrected chi connectivity index (χ0v) is 9.05. The molecule has 1 aromatic heterocycles. The Morgan fingerprint density at radius 2 is 2.50 bits per heavy atom. The van der Waals surface area contributed by atoms with Gasteiger partial charge >= 0.3 is 0 Å². The Kier molecular flexibility index (Phi) is 2.93. The normalized spacial score (nSPS) is 21.6. The van der Waals surface area contributed by atoms with Crippen molar-refractivity contribution in [3.05, 3.63) is 0 Å². The number of nitrogens with zero attached hydrogens (tertiary/aromatic N) is 3. The van der Waals surface area contributed by atoms with Gasteiger partial charge in [-0.2, -0.15) is 0 Å². The van der Waals surface area contributed by atoms with Crippen molar-refractivity contribution < 1.29 is 0 Å². The Labute approximate surface area is 87.5 Å². The van der Waals surface area contributed by atoms with Gasteiger partial charge in [-0.25, -0.2) is 0 Å². The second-order valence-electron chi connectivity index (χ2n) is 3.50. The summed E-state index contributed by atoms with van der Waals surface area (Å²) in [4.78, 5) is 0. The lowest BCUT2D eigenvalue weighted by atomic mass is 10.3. The molecule has 0 radical (unpaired) electrons. The highest BCUT2D eigenvalue weighted by atomic mass is 32.2. The van der Waals surface area contributed by atoms with Crippen LogP contribution in [0.3, 0.4) is 0 Å². The number of nitrogen functional groups attached to an aromatic ring is 1. The number of nitrogens with one attached hydrogen (secondary N) is 1. The van der Waals surface area contributed by atoms with Gasteiger partial charge < -0.3 is 11.1 Å². The molecule has 78 valence electrons. The number of hydrogen-bond acceptors (Lipinski definition) is 5. The fraction of sp³-hybridized carbons (Fsp3) is 0.750. The van der Waals surface area contributed by atoms with Crippen LogP contribution < -0.4 is 11.1 Å². The highest BCUT2D eigenvalue weighted by Gasteiger charge is 2.15. The van der Waals surface area contributed by atoms with E-state index in [4.69, 9.17) is 5.73 Å². The number of rotatable bonds is 3. The lowest BCUT2D eigenvalue weighted by molar-refractivity contribution is 0.671. The van der Waals surface area contributed by atoms with Crippen molar-refractivity contribution in [1.82, 2.24) is 20.1 Å². The summed E-state index contributed by atoms with van der Waals surface area (Å²) in [7, 11) is 1.89. The second kappa shape index (κ2) is 4.18. The molecule has 1 aliphatic heterocycles. The number of hydrogen-bond donors (Lipinski definition) is 2. The third kappa shape index (κ3) is 2.01. The average Bonchev–Trinajstić information content (AvgIpc) is 2.77. The molecule has 1 fully saturated rings. The topological polar surface area (TPSA) is 68.8 Å². The van der Waals surface area contributed by atoms with E-state index >= 15 is 0 Å². The number of thioether (sulfide) groups is 1. The molecule has 1 aromatic rings. The van der Waals surface area contributed by atoms with E-state index < -0.39 is 0 Å². The molecule has 0 aliphatic carbocycles. The standard InChI is InChI=1S/C8H15N5S/c1-13-7(9)11-12-8(13)14-5-6-3-2-4-10-6/h6,10H,2-5H2,1H3,(H2,9,11)/t6-/m0/s1. The van der Waals surface area contributed by atoms with E-state index in [0.717, 1.165) is 17.5 Å². The monoisotopic (exact) mass is 213 g/mol. The number of aromatic nitrogens is 3. The molecule has 0 unspecified atom stereocenters. The van der Waals surface area contributed by atoms with Gasteiger partial charge in [-0.1, -0.05) is 11.8 Å². The van der Waals surface area contributed by atoms with E-state index in [-0.39, 0.29) is 0 Å². The third-order valence-corrected chi connectivity index (χ3v) is 3.63. The van der Waals surface area contributed by atoms with Crippen molar-refractivity contribution in [1.29, 1.82) is 0 Å². The smallest absolute Gasteiger partial charge is 0.222 e. The molecule has 1 saturated heterocycles. The summed E-state index contributed by atoms with van der Waals surface area (Å²) in [6, 6.07) is 0.623. The maximum atomic E-state index is 5.58. The zero-order valence-electron chi connectivity index (χ0n) is 8.23. The Morgan fingerprint density at radius 3 is 3.07 bits per heavy atom. The molecule has 3 N–H and O–H groups in total. The largest absolute Gasteiger partial charge is 0.368 e. The lowest BCUT2D eigenvalue weighted by Gasteiger charge is -2.08. The van der Waals surface area contributed by atoms with Gasteiger partial charge in [0.15, 0.2) is 5.16 Å². The summed E-state index contributed by atoms with van der Waals surface area (Å²) in [5.41, 5.74) is 5.58.